The number of aliphatic hydroxyl groups is 1. The van der Waals surface area contributed by atoms with Crippen LogP contribution in [0.15, 0.2) is 0 Å². The van der Waals surface area contributed by atoms with Crippen LogP contribution in [0.5, 0.6) is 0 Å². The molecule has 122 valence electrons. The molecule has 0 amide bonds. The largest absolute Gasteiger partial charge is 0.501 e. The molecule has 1 saturated carbocycles. The minimum Gasteiger partial charge on any atom is -0.501 e. The second-order valence-electron chi connectivity index (χ2n) is 6.14. The van der Waals surface area contributed by atoms with Gasteiger partial charge in [-0.05, 0) is 18.1 Å². The van der Waals surface area contributed by atoms with Gasteiger partial charge in [-0.3, -0.25) is 0 Å². The molecule has 0 aliphatic heterocycles. The van der Waals surface area contributed by atoms with Crippen LogP contribution in [-0.2, 0) is 0 Å². The van der Waals surface area contributed by atoms with Crippen molar-refractivity contribution in [3.8, 4) is 6.07 Å². The minimum absolute atomic E-state index is 0.0324. The van der Waals surface area contributed by atoms with E-state index in [4.69, 9.17) is 10.4 Å². The fraction of sp³-hybridized carbons (Fsp3) is 0.889. The van der Waals surface area contributed by atoms with Gasteiger partial charge in [0.2, 0.25) is 0 Å². The summed E-state index contributed by atoms with van der Waals surface area (Å²) in [5, 5.41) is 15.6. The van der Waals surface area contributed by atoms with E-state index in [1.54, 1.807) is 6.07 Å². The molecular formula is C18H33NOS. The van der Waals surface area contributed by atoms with Crippen molar-refractivity contribution >= 4 is 17.3 Å². The van der Waals surface area contributed by atoms with Gasteiger partial charge in [-0.2, -0.15) is 5.26 Å². The Balaban J connectivity index is 0.000000567. The number of unbranched alkanes of at least 4 members (excludes halogenated alkanes) is 7. The number of nitrogens with zero attached hydrogens (tertiary/aromatic N) is 1. The lowest BCUT2D eigenvalue weighted by atomic mass is 9.99. The first-order chi connectivity index (χ1) is 10.2. The van der Waals surface area contributed by atoms with E-state index < -0.39 is 0 Å². The Morgan fingerprint density at radius 1 is 1.05 bits per heavy atom. The molecule has 2 nitrogen and oxygen atoms in total. The van der Waals surface area contributed by atoms with Gasteiger partial charge in [-0.25, -0.2) is 0 Å². The summed E-state index contributed by atoms with van der Waals surface area (Å²) in [5.74, 6) is 1.12. The van der Waals surface area contributed by atoms with E-state index in [0.29, 0.717) is 0 Å². The predicted octanol–water partition coefficient (Wildman–Crippen LogP) is 6.49. The van der Waals surface area contributed by atoms with Crippen molar-refractivity contribution in [2.24, 2.45) is 5.92 Å². The molecule has 3 heteroatoms. The summed E-state index contributed by atoms with van der Waals surface area (Å²) < 4.78 is 0. The molecule has 1 aliphatic rings. The van der Waals surface area contributed by atoms with Crippen LogP contribution in [-0.4, -0.2) is 10.2 Å². The normalized spacial score (nSPS) is 14.3. The Morgan fingerprint density at radius 3 is 2.00 bits per heavy atom. The molecule has 0 radical (unpaired) electrons. The Hall–Kier alpha value is -0.620. The van der Waals surface area contributed by atoms with E-state index in [1.165, 1.54) is 83.5 Å². The van der Waals surface area contributed by atoms with Crippen LogP contribution < -0.4 is 0 Å². The first-order valence-electron chi connectivity index (χ1n) is 8.79. The van der Waals surface area contributed by atoms with Crippen LogP contribution >= 0.6 is 12.2 Å². The molecular weight excluding hydrogens is 278 g/mol. The highest BCUT2D eigenvalue weighted by molar-refractivity contribution is 7.80. The average molecular weight is 312 g/mol. The number of hydrogen-bond donors (Lipinski definition) is 1. The van der Waals surface area contributed by atoms with E-state index >= 15 is 0 Å². The van der Waals surface area contributed by atoms with E-state index in [2.05, 4.69) is 19.1 Å². The van der Waals surface area contributed by atoms with Crippen LogP contribution in [0.4, 0.5) is 0 Å². The molecule has 0 saturated heterocycles. The molecule has 1 rings (SSSR count). The molecule has 0 aromatic heterocycles. The highest BCUT2D eigenvalue weighted by Gasteiger charge is 2.13. The van der Waals surface area contributed by atoms with Gasteiger partial charge in [-0.15, -0.1) is 0 Å². The molecule has 1 fully saturated rings. The van der Waals surface area contributed by atoms with E-state index in [-0.39, 0.29) is 11.5 Å². The zero-order valence-corrected chi connectivity index (χ0v) is 14.6. The summed E-state index contributed by atoms with van der Waals surface area (Å²) in [6, 6.07) is 1.68. The first kappa shape index (κ1) is 20.4. The standard InChI is InChI=1S/C15H30.C3H3NOS/c1-2-3-4-5-6-7-8-9-12-15-13-10-11-14-15;4-2-1-3(5)6/h15H,2-14H2,1H3;1H2,(H,5,6). The molecule has 0 bridgehead atoms. The fourth-order valence-electron chi connectivity index (χ4n) is 2.93. The zero-order chi connectivity index (χ0) is 15.8. The van der Waals surface area contributed by atoms with Crippen molar-refractivity contribution in [1.29, 1.82) is 5.26 Å². The summed E-state index contributed by atoms with van der Waals surface area (Å²) in [5.41, 5.74) is 0. The van der Waals surface area contributed by atoms with E-state index in [9.17, 15) is 0 Å². The SMILES string of the molecule is CCCCCCCCCCC1CCCC1.N#CCC(O)=S. The molecule has 0 aromatic rings. The third-order valence-corrected chi connectivity index (χ3v) is 4.32. The van der Waals surface area contributed by atoms with Crippen molar-refractivity contribution in [3.63, 3.8) is 0 Å². The summed E-state index contributed by atoms with van der Waals surface area (Å²) in [4.78, 5) is 0. The molecule has 0 unspecified atom stereocenters. The average Bonchev–Trinajstić information content (AvgIpc) is 2.95. The number of rotatable bonds is 10. The first-order valence-corrected chi connectivity index (χ1v) is 9.20. The quantitative estimate of drug-likeness (QED) is 0.370. The third kappa shape index (κ3) is 15.6. The smallest absolute Gasteiger partial charge is 0.170 e. The molecule has 1 N–H and O–H groups in total. The zero-order valence-electron chi connectivity index (χ0n) is 13.8. The minimum atomic E-state index is -0.238. The fourth-order valence-corrected chi connectivity index (χ4v) is 3.00. The van der Waals surface area contributed by atoms with Crippen LogP contribution in [0.25, 0.3) is 0 Å². The summed E-state index contributed by atoms with van der Waals surface area (Å²) in [7, 11) is 0. The number of thiocarbonyl (C=S) groups is 1. The summed E-state index contributed by atoms with van der Waals surface area (Å²) in [6.07, 6.45) is 19.4. The van der Waals surface area contributed by atoms with Gasteiger partial charge < -0.3 is 5.11 Å². The van der Waals surface area contributed by atoms with Crippen molar-refractivity contribution in [3.05, 3.63) is 0 Å². The van der Waals surface area contributed by atoms with Gasteiger partial charge in [0.25, 0.3) is 0 Å². The van der Waals surface area contributed by atoms with E-state index in [0.717, 1.165) is 5.92 Å². The molecule has 0 spiro atoms. The predicted molar refractivity (Wildman–Crippen MR) is 94.6 cm³/mol. The highest BCUT2D eigenvalue weighted by Crippen LogP contribution is 2.29. The molecule has 21 heavy (non-hydrogen) atoms. The Kier molecular flexibility index (Phi) is 15.3. The van der Waals surface area contributed by atoms with Crippen molar-refractivity contribution in [1.82, 2.24) is 0 Å². The number of nitriles is 1. The maximum absolute atomic E-state index is 8.06. The van der Waals surface area contributed by atoms with Gasteiger partial charge in [0.1, 0.15) is 6.42 Å². The van der Waals surface area contributed by atoms with E-state index in [1.807, 2.05) is 0 Å². The third-order valence-electron chi connectivity index (χ3n) is 4.17. The van der Waals surface area contributed by atoms with Crippen LogP contribution in [0.3, 0.4) is 0 Å². The summed E-state index contributed by atoms with van der Waals surface area (Å²) >= 11 is 4.13. The lowest BCUT2D eigenvalue weighted by Gasteiger charge is -2.07. The lowest BCUT2D eigenvalue weighted by Crippen LogP contribution is -1.92. The Bertz CT molecular complexity index is 279. The second kappa shape index (κ2) is 15.8. The van der Waals surface area contributed by atoms with Crippen molar-refractivity contribution in [2.75, 3.05) is 0 Å². The number of aliphatic hydroxyl groups excluding tert-OH is 1. The number of hydrogen-bond acceptors (Lipinski definition) is 2. The Labute approximate surface area is 136 Å². The van der Waals surface area contributed by atoms with Crippen molar-refractivity contribution in [2.45, 2.75) is 96.8 Å². The van der Waals surface area contributed by atoms with Gasteiger partial charge in [0.15, 0.2) is 5.05 Å². The molecule has 1 aliphatic carbocycles. The highest BCUT2D eigenvalue weighted by atomic mass is 32.1. The van der Waals surface area contributed by atoms with Gasteiger partial charge >= 0.3 is 0 Å². The van der Waals surface area contributed by atoms with Crippen LogP contribution in [0.2, 0.25) is 0 Å². The van der Waals surface area contributed by atoms with Crippen LogP contribution in [0.1, 0.15) is 96.8 Å². The summed E-state index contributed by atoms with van der Waals surface area (Å²) in [6.45, 7) is 2.29. The molecule has 0 atom stereocenters. The maximum atomic E-state index is 8.06. The van der Waals surface area contributed by atoms with Gasteiger partial charge in [-0.1, -0.05) is 90.4 Å². The topological polar surface area (TPSA) is 44.0 Å². The molecule has 0 aromatic carbocycles. The van der Waals surface area contributed by atoms with Gasteiger partial charge in [0.05, 0.1) is 6.07 Å². The van der Waals surface area contributed by atoms with Crippen LogP contribution in [0, 0.1) is 17.2 Å². The molecule has 0 heterocycles. The maximum Gasteiger partial charge on any atom is 0.170 e. The Morgan fingerprint density at radius 2 is 1.57 bits per heavy atom. The monoisotopic (exact) mass is 311 g/mol. The lowest BCUT2D eigenvalue weighted by molar-refractivity contribution is 0.460. The van der Waals surface area contributed by atoms with Crippen molar-refractivity contribution < 1.29 is 5.11 Å². The van der Waals surface area contributed by atoms with Gasteiger partial charge in [0, 0.05) is 0 Å². The second-order valence-corrected chi connectivity index (χ2v) is 6.61.